The molecule has 2 aliphatic rings. The highest BCUT2D eigenvalue weighted by Gasteiger charge is 2.46. The molecule has 7 heteroatoms. The number of methoxy groups -OCH3 is 1. The second-order valence-electron chi connectivity index (χ2n) is 8.61. The Kier molecular flexibility index (Phi) is 6.34. The molecule has 2 aromatic carbocycles. The Balaban J connectivity index is 1.45. The zero-order valence-corrected chi connectivity index (χ0v) is 17.4. The van der Waals surface area contributed by atoms with E-state index in [0.29, 0.717) is 18.9 Å². The van der Waals surface area contributed by atoms with Crippen LogP contribution in [0.5, 0.6) is 0 Å². The Bertz CT molecular complexity index is 926. The zero-order chi connectivity index (χ0) is 22.1. The van der Waals surface area contributed by atoms with Gasteiger partial charge in [0.05, 0.1) is 0 Å². The smallest absolute Gasteiger partial charge is 0.256 e. The van der Waals surface area contributed by atoms with Crippen LogP contribution in [0.4, 0.5) is 13.2 Å². The predicted octanol–water partition coefficient (Wildman–Crippen LogP) is 4.13. The van der Waals surface area contributed by atoms with Crippen LogP contribution in [0, 0.1) is 23.4 Å². The Labute approximate surface area is 180 Å². The predicted molar refractivity (Wildman–Crippen MR) is 111 cm³/mol. The lowest BCUT2D eigenvalue weighted by molar-refractivity contribution is -0.148. The Hall–Kier alpha value is -2.38. The van der Waals surface area contributed by atoms with Gasteiger partial charge in [-0.3, -0.25) is 4.79 Å². The third-order valence-corrected chi connectivity index (χ3v) is 6.74. The Morgan fingerprint density at radius 2 is 1.68 bits per heavy atom. The van der Waals surface area contributed by atoms with Gasteiger partial charge in [0.15, 0.2) is 17.7 Å². The fourth-order valence-corrected chi connectivity index (χ4v) is 5.21. The van der Waals surface area contributed by atoms with Gasteiger partial charge in [-0.1, -0.05) is 30.3 Å². The number of fused-ring (bicyclic) bond motifs is 2. The zero-order valence-electron chi connectivity index (χ0n) is 17.4. The van der Waals surface area contributed by atoms with E-state index >= 15 is 0 Å². The molecule has 0 saturated carbocycles. The van der Waals surface area contributed by atoms with Crippen molar-refractivity contribution in [2.75, 3.05) is 7.11 Å². The molecule has 2 aromatic rings. The van der Waals surface area contributed by atoms with Crippen LogP contribution < -0.4 is 5.73 Å². The topological polar surface area (TPSA) is 55.6 Å². The number of halogens is 3. The number of nitrogens with zero attached hydrogens (tertiary/aromatic N) is 1. The first kappa shape index (κ1) is 21.8. The van der Waals surface area contributed by atoms with Gasteiger partial charge in [0.25, 0.3) is 5.91 Å². The summed E-state index contributed by atoms with van der Waals surface area (Å²) in [5, 5.41) is 0. The lowest BCUT2D eigenvalue weighted by atomic mass is 9.82. The summed E-state index contributed by atoms with van der Waals surface area (Å²) in [6, 6.07) is 10.6. The SMILES string of the molecule is CO[C@H](C(=O)N1[C@@H]2CC[C@H]1C[C@H]([C@H](N)Cc1cc(F)c(F)cc1F)C2)c1ccccc1. The number of ether oxygens (including phenoxy) is 1. The molecule has 5 atom stereocenters. The largest absolute Gasteiger partial charge is 0.367 e. The van der Waals surface area contributed by atoms with Gasteiger partial charge in [0, 0.05) is 31.3 Å². The highest BCUT2D eigenvalue weighted by molar-refractivity contribution is 5.83. The first-order valence-corrected chi connectivity index (χ1v) is 10.7. The minimum atomic E-state index is -1.20. The van der Waals surface area contributed by atoms with Crippen molar-refractivity contribution in [3.05, 3.63) is 71.0 Å². The van der Waals surface area contributed by atoms with Crippen molar-refractivity contribution in [3.8, 4) is 0 Å². The van der Waals surface area contributed by atoms with Gasteiger partial charge >= 0.3 is 0 Å². The quantitative estimate of drug-likeness (QED) is 0.699. The molecule has 0 aliphatic carbocycles. The molecule has 2 heterocycles. The molecule has 2 aliphatic heterocycles. The van der Waals surface area contributed by atoms with Crippen molar-refractivity contribution >= 4 is 5.91 Å². The molecule has 0 radical (unpaired) electrons. The number of hydrogen-bond acceptors (Lipinski definition) is 3. The average Bonchev–Trinajstić information content (AvgIpc) is 3.02. The van der Waals surface area contributed by atoms with Crippen molar-refractivity contribution in [3.63, 3.8) is 0 Å². The summed E-state index contributed by atoms with van der Waals surface area (Å²) >= 11 is 0. The lowest BCUT2D eigenvalue weighted by Gasteiger charge is -2.42. The molecule has 31 heavy (non-hydrogen) atoms. The van der Waals surface area contributed by atoms with E-state index in [1.165, 1.54) is 7.11 Å². The van der Waals surface area contributed by atoms with Crippen LogP contribution in [-0.4, -0.2) is 36.0 Å². The van der Waals surface area contributed by atoms with Crippen molar-refractivity contribution in [1.29, 1.82) is 0 Å². The van der Waals surface area contributed by atoms with Gasteiger partial charge in [0.1, 0.15) is 5.82 Å². The normalized spacial score (nSPS) is 24.8. The molecule has 4 rings (SSSR count). The van der Waals surface area contributed by atoms with Crippen LogP contribution in [0.2, 0.25) is 0 Å². The summed E-state index contributed by atoms with van der Waals surface area (Å²) < 4.78 is 46.3. The van der Waals surface area contributed by atoms with Gasteiger partial charge in [0.2, 0.25) is 0 Å². The molecule has 166 valence electrons. The molecule has 1 amide bonds. The third-order valence-electron chi connectivity index (χ3n) is 6.74. The van der Waals surface area contributed by atoms with E-state index in [9.17, 15) is 18.0 Å². The highest BCUT2D eigenvalue weighted by Crippen LogP contribution is 2.42. The summed E-state index contributed by atoms with van der Waals surface area (Å²) in [4.78, 5) is 15.3. The third kappa shape index (κ3) is 4.34. The molecule has 0 spiro atoms. The van der Waals surface area contributed by atoms with Crippen LogP contribution >= 0.6 is 0 Å². The molecule has 0 unspecified atom stereocenters. The molecule has 0 aromatic heterocycles. The first-order valence-electron chi connectivity index (χ1n) is 10.7. The van der Waals surface area contributed by atoms with Gasteiger partial charge in [-0.2, -0.15) is 0 Å². The van der Waals surface area contributed by atoms with Crippen molar-refractivity contribution in [2.24, 2.45) is 11.7 Å². The van der Waals surface area contributed by atoms with Gasteiger partial charge in [-0.25, -0.2) is 13.2 Å². The van der Waals surface area contributed by atoms with Crippen LogP contribution in [0.3, 0.4) is 0 Å². The number of piperidine rings is 1. The number of carbonyl (C=O) groups excluding carboxylic acids is 1. The van der Waals surface area contributed by atoms with E-state index in [2.05, 4.69) is 0 Å². The van der Waals surface area contributed by atoms with E-state index in [-0.39, 0.29) is 35.9 Å². The standard InChI is InChI=1S/C24H27F3N2O2/c1-31-23(14-5-3-2-4-6-14)24(30)29-17-7-8-18(29)10-16(9-17)22(28)12-15-11-20(26)21(27)13-19(15)25/h2-6,11,13,16-18,22-23H,7-10,12,28H2,1H3/t16-,17-,18+,22-,23+/m1/s1. The van der Waals surface area contributed by atoms with E-state index in [0.717, 1.165) is 24.5 Å². The van der Waals surface area contributed by atoms with E-state index in [1.807, 2.05) is 35.2 Å². The van der Waals surface area contributed by atoms with E-state index < -0.39 is 29.6 Å². The molecular formula is C24H27F3N2O2. The minimum Gasteiger partial charge on any atom is -0.367 e. The molecule has 2 saturated heterocycles. The summed E-state index contributed by atoms with van der Waals surface area (Å²) in [5.74, 6) is -3.02. The minimum absolute atomic E-state index is 0.0418. The second kappa shape index (κ2) is 9.01. The highest BCUT2D eigenvalue weighted by atomic mass is 19.2. The second-order valence-corrected chi connectivity index (χ2v) is 8.61. The number of amides is 1. The lowest BCUT2D eigenvalue weighted by Crippen LogP contribution is -2.51. The number of nitrogens with two attached hydrogens (primary N) is 1. The monoisotopic (exact) mass is 432 g/mol. The summed E-state index contributed by atoms with van der Waals surface area (Å²) in [5.41, 5.74) is 7.28. The maximum absolute atomic E-state index is 14.1. The van der Waals surface area contributed by atoms with E-state index in [4.69, 9.17) is 10.5 Å². The molecule has 2 bridgehead atoms. The van der Waals surface area contributed by atoms with E-state index in [1.54, 1.807) is 0 Å². The molecular weight excluding hydrogens is 405 g/mol. The van der Waals surface area contributed by atoms with Crippen molar-refractivity contribution in [2.45, 2.75) is 56.3 Å². The number of rotatable bonds is 6. The maximum Gasteiger partial charge on any atom is 0.256 e. The fraction of sp³-hybridized carbons (Fsp3) is 0.458. The number of hydrogen-bond donors (Lipinski definition) is 1. The summed E-state index contributed by atoms with van der Waals surface area (Å²) in [6.07, 6.45) is 2.69. The average molecular weight is 432 g/mol. The number of benzene rings is 2. The molecule has 2 fully saturated rings. The number of carbonyl (C=O) groups is 1. The van der Waals surface area contributed by atoms with Gasteiger partial charge in [-0.05, 0) is 55.2 Å². The van der Waals surface area contributed by atoms with Crippen molar-refractivity contribution < 1.29 is 22.7 Å². The summed E-state index contributed by atoms with van der Waals surface area (Å²) in [7, 11) is 1.54. The van der Waals surface area contributed by atoms with Crippen molar-refractivity contribution in [1.82, 2.24) is 4.90 Å². The van der Waals surface area contributed by atoms with Crippen LogP contribution in [-0.2, 0) is 16.0 Å². The van der Waals surface area contributed by atoms with Gasteiger partial charge < -0.3 is 15.4 Å². The summed E-state index contributed by atoms with van der Waals surface area (Å²) in [6.45, 7) is 0. The van der Waals surface area contributed by atoms with Crippen LogP contribution in [0.1, 0.15) is 42.9 Å². The van der Waals surface area contributed by atoms with Gasteiger partial charge in [-0.15, -0.1) is 0 Å². The Morgan fingerprint density at radius 1 is 1.06 bits per heavy atom. The van der Waals surface area contributed by atoms with Crippen LogP contribution in [0.15, 0.2) is 42.5 Å². The molecule has 2 N–H and O–H groups in total. The first-order chi connectivity index (χ1) is 14.9. The molecule has 4 nitrogen and oxygen atoms in total. The fourth-order valence-electron chi connectivity index (χ4n) is 5.21. The van der Waals surface area contributed by atoms with Crippen LogP contribution in [0.25, 0.3) is 0 Å². The Morgan fingerprint density at radius 3 is 2.29 bits per heavy atom. The maximum atomic E-state index is 14.1.